The van der Waals surface area contributed by atoms with Crippen LogP contribution in [-0.4, -0.2) is 73.7 Å². The normalized spacial score (nSPS) is 14.6. The maximum Gasteiger partial charge on any atom is 0.249 e. The molecule has 1 aromatic heterocycles. The quantitative estimate of drug-likeness (QED) is 0.697. The number of hydrogen-bond acceptors (Lipinski definition) is 9. The maximum atomic E-state index is 6.13. The summed E-state index contributed by atoms with van der Waals surface area (Å²) in [6, 6.07) is 3.39. The van der Waals surface area contributed by atoms with Crippen LogP contribution in [0.3, 0.4) is 0 Å². The van der Waals surface area contributed by atoms with Gasteiger partial charge >= 0.3 is 0 Å². The zero-order valence-corrected chi connectivity index (χ0v) is 16.1. The lowest BCUT2D eigenvalue weighted by molar-refractivity contribution is 0.0398. The minimum atomic E-state index is 0.342. The Morgan fingerprint density at radius 1 is 1.19 bits per heavy atom. The minimum Gasteiger partial charge on any atom is -0.495 e. The van der Waals surface area contributed by atoms with Gasteiger partial charge in [-0.15, -0.1) is 5.10 Å². The van der Waals surface area contributed by atoms with Gasteiger partial charge in [-0.3, -0.25) is 4.90 Å². The summed E-state index contributed by atoms with van der Waals surface area (Å²) in [4.78, 5) is 6.78. The van der Waals surface area contributed by atoms with Crippen LogP contribution in [0.5, 0.6) is 11.5 Å². The van der Waals surface area contributed by atoms with Crippen LogP contribution >= 0.6 is 11.6 Å². The van der Waals surface area contributed by atoms with Crippen molar-refractivity contribution in [2.75, 3.05) is 64.2 Å². The molecule has 1 saturated heterocycles. The van der Waals surface area contributed by atoms with E-state index in [1.165, 1.54) is 0 Å². The summed E-state index contributed by atoms with van der Waals surface area (Å²) in [6.07, 6.45) is 1.59. The van der Waals surface area contributed by atoms with E-state index in [1.54, 1.807) is 32.5 Å². The molecular weight excluding hydrogens is 372 g/mol. The van der Waals surface area contributed by atoms with Crippen LogP contribution in [-0.2, 0) is 4.74 Å². The van der Waals surface area contributed by atoms with Gasteiger partial charge in [-0.25, -0.2) is 0 Å². The van der Waals surface area contributed by atoms with Gasteiger partial charge in [-0.2, -0.15) is 10.1 Å². The molecule has 0 saturated carbocycles. The molecule has 1 fully saturated rings. The number of methoxy groups -OCH3 is 2. The number of nitrogens with zero attached hydrogens (tertiary/aromatic N) is 4. The highest BCUT2D eigenvalue weighted by atomic mass is 35.5. The molecule has 2 aromatic rings. The van der Waals surface area contributed by atoms with E-state index < -0.39 is 0 Å². The first-order chi connectivity index (χ1) is 13.2. The van der Waals surface area contributed by atoms with Crippen molar-refractivity contribution < 1.29 is 14.2 Å². The summed E-state index contributed by atoms with van der Waals surface area (Å²) in [6.45, 7) is 5.16. The Morgan fingerprint density at radius 2 is 1.96 bits per heavy atom. The van der Waals surface area contributed by atoms with Crippen molar-refractivity contribution in [3.63, 3.8) is 0 Å². The first-order valence-corrected chi connectivity index (χ1v) is 8.99. The largest absolute Gasteiger partial charge is 0.495 e. The third-order valence-electron chi connectivity index (χ3n) is 4.12. The number of aromatic nitrogens is 3. The zero-order valence-electron chi connectivity index (χ0n) is 15.4. The van der Waals surface area contributed by atoms with Crippen LogP contribution < -0.4 is 20.1 Å². The fourth-order valence-electron chi connectivity index (χ4n) is 2.69. The Labute approximate surface area is 163 Å². The zero-order chi connectivity index (χ0) is 19.1. The van der Waals surface area contributed by atoms with Crippen LogP contribution in [0.4, 0.5) is 17.5 Å². The van der Waals surface area contributed by atoms with Crippen molar-refractivity contribution in [2.45, 2.75) is 0 Å². The molecule has 0 unspecified atom stereocenters. The van der Waals surface area contributed by atoms with Crippen molar-refractivity contribution in [1.29, 1.82) is 0 Å². The lowest BCUT2D eigenvalue weighted by Gasteiger charge is -2.26. The molecule has 27 heavy (non-hydrogen) atoms. The van der Waals surface area contributed by atoms with Crippen molar-refractivity contribution in [1.82, 2.24) is 20.1 Å². The lowest BCUT2D eigenvalue weighted by atomic mass is 10.2. The molecular formula is C17H23ClN6O3. The first kappa shape index (κ1) is 19.4. The van der Waals surface area contributed by atoms with Crippen LogP contribution in [0.2, 0.25) is 5.02 Å². The van der Waals surface area contributed by atoms with Gasteiger partial charge in [0.1, 0.15) is 11.5 Å². The molecule has 0 amide bonds. The highest BCUT2D eigenvalue weighted by Crippen LogP contribution is 2.36. The molecule has 0 aliphatic carbocycles. The molecule has 2 N–H and O–H groups in total. The molecule has 9 nitrogen and oxygen atoms in total. The topological polar surface area (TPSA) is 93.7 Å². The van der Waals surface area contributed by atoms with E-state index in [-0.39, 0.29) is 0 Å². The lowest BCUT2D eigenvalue weighted by Crippen LogP contribution is -2.39. The van der Waals surface area contributed by atoms with E-state index in [4.69, 9.17) is 25.8 Å². The number of rotatable bonds is 8. The molecule has 1 aromatic carbocycles. The SMILES string of the molecule is COc1cc(Nc2nncc(NCCN3CCOCC3)n2)c(OC)cc1Cl. The number of benzene rings is 1. The van der Waals surface area contributed by atoms with Crippen LogP contribution in [0.15, 0.2) is 18.3 Å². The number of halogens is 1. The van der Waals surface area contributed by atoms with Gasteiger partial charge in [0, 0.05) is 38.3 Å². The van der Waals surface area contributed by atoms with E-state index in [2.05, 4.69) is 30.7 Å². The Bertz CT molecular complexity index is 757. The number of anilines is 3. The van der Waals surface area contributed by atoms with E-state index >= 15 is 0 Å². The number of hydrogen-bond donors (Lipinski definition) is 2. The van der Waals surface area contributed by atoms with Crippen molar-refractivity contribution >= 4 is 29.1 Å². The highest BCUT2D eigenvalue weighted by molar-refractivity contribution is 6.32. The predicted octanol–water partition coefficient (Wildman–Crippen LogP) is 2.03. The summed E-state index contributed by atoms with van der Waals surface area (Å²) >= 11 is 6.13. The molecule has 10 heteroatoms. The van der Waals surface area contributed by atoms with E-state index in [0.29, 0.717) is 34.0 Å². The van der Waals surface area contributed by atoms with Crippen LogP contribution in [0.25, 0.3) is 0 Å². The third-order valence-corrected chi connectivity index (χ3v) is 4.41. The van der Waals surface area contributed by atoms with Gasteiger partial charge in [0.2, 0.25) is 5.95 Å². The molecule has 0 spiro atoms. The van der Waals surface area contributed by atoms with Gasteiger partial charge in [0.15, 0.2) is 5.82 Å². The maximum absolute atomic E-state index is 6.13. The number of ether oxygens (including phenoxy) is 3. The fourth-order valence-corrected chi connectivity index (χ4v) is 2.92. The van der Waals surface area contributed by atoms with Gasteiger partial charge in [-0.05, 0) is 0 Å². The first-order valence-electron chi connectivity index (χ1n) is 8.62. The predicted molar refractivity (Wildman–Crippen MR) is 103 cm³/mol. The average Bonchev–Trinajstić information content (AvgIpc) is 2.70. The van der Waals surface area contributed by atoms with Gasteiger partial charge in [0.25, 0.3) is 0 Å². The Kier molecular flexibility index (Phi) is 6.86. The molecule has 0 bridgehead atoms. The van der Waals surface area contributed by atoms with E-state index in [9.17, 15) is 0 Å². The van der Waals surface area contributed by atoms with E-state index in [1.807, 2.05) is 0 Å². The highest BCUT2D eigenvalue weighted by Gasteiger charge is 2.12. The molecule has 0 radical (unpaired) electrons. The number of morpholine rings is 1. The third kappa shape index (κ3) is 5.31. The van der Waals surface area contributed by atoms with Gasteiger partial charge in [-0.1, -0.05) is 11.6 Å². The average molecular weight is 395 g/mol. The van der Waals surface area contributed by atoms with Crippen LogP contribution in [0.1, 0.15) is 0 Å². The minimum absolute atomic E-state index is 0.342. The smallest absolute Gasteiger partial charge is 0.249 e. The summed E-state index contributed by atoms with van der Waals surface area (Å²) in [5.74, 6) is 2.05. The second-order valence-electron chi connectivity index (χ2n) is 5.86. The molecule has 2 heterocycles. The molecule has 0 atom stereocenters. The summed E-state index contributed by atoms with van der Waals surface area (Å²) in [5, 5.41) is 14.8. The van der Waals surface area contributed by atoms with Crippen molar-refractivity contribution in [2.24, 2.45) is 0 Å². The van der Waals surface area contributed by atoms with Crippen LogP contribution in [0, 0.1) is 0 Å². The Hall–Kier alpha value is -2.36. The summed E-state index contributed by atoms with van der Waals surface area (Å²) in [5.41, 5.74) is 0.631. The standard InChI is InChI=1S/C17H23ClN6O3/c1-25-14-10-13(15(26-2)9-12(14)18)21-17-22-16(11-20-23-17)19-3-4-24-5-7-27-8-6-24/h9-11H,3-8H2,1-2H3,(H2,19,21,22,23). The second kappa shape index (κ2) is 9.54. The summed E-state index contributed by atoms with van der Waals surface area (Å²) < 4.78 is 15.9. The molecule has 1 aliphatic heterocycles. The van der Waals surface area contributed by atoms with Gasteiger partial charge in [0.05, 0.1) is 44.3 Å². The Balaban J connectivity index is 1.63. The molecule has 146 valence electrons. The van der Waals surface area contributed by atoms with Crippen molar-refractivity contribution in [3.05, 3.63) is 23.4 Å². The molecule has 1 aliphatic rings. The number of nitrogens with one attached hydrogen (secondary N) is 2. The molecule has 3 rings (SSSR count). The second-order valence-corrected chi connectivity index (χ2v) is 6.27. The Morgan fingerprint density at radius 3 is 2.70 bits per heavy atom. The van der Waals surface area contributed by atoms with E-state index in [0.717, 1.165) is 39.4 Å². The van der Waals surface area contributed by atoms with Crippen molar-refractivity contribution in [3.8, 4) is 11.5 Å². The van der Waals surface area contributed by atoms with Gasteiger partial charge < -0.3 is 24.8 Å². The summed E-state index contributed by atoms with van der Waals surface area (Å²) in [7, 11) is 3.11. The monoisotopic (exact) mass is 394 g/mol. The fraction of sp³-hybridized carbons (Fsp3) is 0.471.